The minimum atomic E-state index is 0.0807. The molecule has 1 unspecified atom stereocenters. The van der Waals surface area contributed by atoms with Gasteiger partial charge in [0.25, 0.3) is 0 Å². The lowest BCUT2D eigenvalue weighted by Gasteiger charge is -2.12. The summed E-state index contributed by atoms with van der Waals surface area (Å²) in [6.45, 7) is 2.56. The van der Waals surface area contributed by atoms with Crippen molar-refractivity contribution < 1.29 is 4.79 Å². The summed E-state index contributed by atoms with van der Waals surface area (Å²) < 4.78 is 0. The van der Waals surface area contributed by atoms with Crippen molar-refractivity contribution >= 4 is 17.7 Å². The number of rotatable bonds is 3. The minimum Gasteiger partial charge on any atom is -0.365 e. The highest BCUT2D eigenvalue weighted by atomic mass is 16.1. The molecule has 1 fully saturated rings. The predicted molar refractivity (Wildman–Crippen MR) is 61.4 cm³/mol. The quantitative estimate of drug-likeness (QED) is 0.676. The van der Waals surface area contributed by atoms with Crippen LogP contribution >= 0.6 is 0 Å². The molecule has 2 rings (SSSR count). The molecule has 0 aliphatic carbocycles. The zero-order valence-electron chi connectivity index (χ0n) is 9.37. The number of aromatic nitrogens is 2. The average molecular weight is 221 g/mol. The zero-order valence-corrected chi connectivity index (χ0v) is 9.37. The van der Waals surface area contributed by atoms with E-state index in [1.165, 1.54) is 0 Å². The van der Waals surface area contributed by atoms with E-state index in [9.17, 15) is 4.79 Å². The summed E-state index contributed by atoms with van der Waals surface area (Å²) in [5.41, 5.74) is 0.888. The van der Waals surface area contributed by atoms with Crippen LogP contribution in [0.25, 0.3) is 0 Å². The minimum absolute atomic E-state index is 0.0807. The number of hydrogen-bond acceptors (Lipinski definition) is 5. The number of nitrogens with one attached hydrogen (secondary N) is 3. The summed E-state index contributed by atoms with van der Waals surface area (Å²) in [6.07, 6.45) is 0.498. The van der Waals surface area contributed by atoms with Crippen LogP contribution in [0.1, 0.15) is 12.1 Å². The second-order valence-corrected chi connectivity index (χ2v) is 3.82. The first-order chi connectivity index (χ1) is 7.67. The Morgan fingerprint density at radius 2 is 2.31 bits per heavy atom. The lowest BCUT2D eigenvalue weighted by molar-refractivity contribution is -0.119. The number of carbonyl (C=O) groups is 1. The zero-order chi connectivity index (χ0) is 11.5. The normalized spacial score (nSPS) is 19.4. The topological polar surface area (TPSA) is 78.9 Å². The van der Waals surface area contributed by atoms with Crippen molar-refractivity contribution in [1.29, 1.82) is 0 Å². The maximum absolute atomic E-state index is 11.0. The van der Waals surface area contributed by atoms with Gasteiger partial charge in [0, 0.05) is 31.8 Å². The van der Waals surface area contributed by atoms with Crippen LogP contribution in [0.4, 0.5) is 11.8 Å². The molecular weight excluding hydrogens is 206 g/mol. The first kappa shape index (κ1) is 10.7. The van der Waals surface area contributed by atoms with E-state index >= 15 is 0 Å². The molecule has 1 aliphatic heterocycles. The van der Waals surface area contributed by atoms with E-state index in [0.717, 1.165) is 11.5 Å². The maximum Gasteiger partial charge on any atom is 0.224 e. The van der Waals surface area contributed by atoms with Gasteiger partial charge < -0.3 is 16.0 Å². The van der Waals surface area contributed by atoms with Crippen LogP contribution in [-0.4, -0.2) is 35.5 Å². The van der Waals surface area contributed by atoms with E-state index < -0.39 is 0 Å². The van der Waals surface area contributed by atoms with E-state index in [1.807, 2.05) is 13.0 Å². The van der Waals surface area contributed by atoms with Gasteiger partial charge in [0.15, 0.2) is 0 Å². The molecule has 0 radical (unpaired) electrons. The number of nitrogens with zero attached hydrogens (tertiary/aromatic N) is 2. The van der Waals surface area contributed by atoms with Crippen molar-refractivity contribution in [3.8, 4) is 0 Å². The second kappa shape index (κ2) is 4.34. The van der Waals surface area contributed by atoms with Gasteiger partial charge in [-0.3, -0.25) is 4.79 Å². The number of carbonyl (C=O) groups excluding carboxylic acids is 1. The summed E-state index contributed by atoms with van der Waals surface area (Å²) >= 11 is 0. The molecule has 1 amide bonds. The Morgan fingerprint density at radius 1 is 1.50 bits per heavy atom. The molecule has 16 heavy (non-hydrogen) atoms. The van der Waals surface area contributed by atoms with Gasteiger partial charge in [0.05, 0.1) is 6.04 Å². The molecule has 1 aromatic heterocycles. The highest BCUT2D eigenvalue weighted by Crippen LogP contribution is 2.12. The molecular formula is C10H15N5O. The molecule has 0 bridgehead atoms. The molecule has 6 heteroatoms. The lowest BCUT2D eigenvalue weighted by atomic mass is 10.2. The summed E-state index contributed by atoms with van der Waals surface area (Å²) in [7, 11) is 1.78. The summed E-state index contributed by atoms with van der Waals surface area (Å²) in [4.78, 5) is 19.5. The van der Waals surface area contributed by atoms with Gasteiger partial charge in [-0.1, -0.05) is 0 Å². The third kappa shape index (κ3) is 2.39. The van der Waals surface area contributed by atoms with Crippen molar-refractivity contribution in [3.05, 3.63) is 11.8 Å². The molecule has 1 aliphatic rings. The second-order valence-electron chi connectivity index (χ2n) is 3.82. The Hall–Kier alpha value is -1.85. The molecule has 1 aromatic rings. The fourth-order valence-electron chi connectivity index (χ4n) is 1.67. The highest BCUT2D eigenvalue weighted by molar-refractivity contribution is 5.79. The Balaban J connectivity index is 2.08. The van der Waals surface area contributed by atoms with Gasteiger partial charge >= 0.3 is 0 Å². The van der Waals surface area contributed by atoms with Gasteiger partial charge in [-0.15, -0.1) is 0 Å². The van der Waals surface area contributed by atoms with E-state index in [2.05, 4.69) is 25.9 Å². The van der Waals surface area contributed by atoms with Crippen molar-refractivity contribution in [2.75, 3.05) is 24.2 Å². The fraction of sp³-hybridized carbons (Fsp3) is 0.500. The van der Waals surface area contributed by atoms with Crippen LogP contribution in [0.15, 0.2) is 6.07 Å². The van der Waals surface area contributed by atoms with Crippen LogP contribution in [0.3, 0.4) is 0 Å². The van der Waals surface area contributed by atoms with Gasteiger partial charge in [-0.05, 0) is 6.92 Å². The molecule has 86 valence electrons. The van der Waals surface area contributed by atoms with Crippen LogP contribution in [-0.2, 0) is 4.79 Å². The van der Waals surface area contributed by atoms with E-state index in [-0.39, 0.29) is 11.9 Å². The Labute approximate surface area is 93.9 Å². The number of anilines is 2. The summed E-state index contributed by atoms with van der Waals surface area (Å²) in [5, 5.41) is 8.88. The molecule has 1 saturated heterocycles. The number of amides is 1. The molecule has 1 atom stereocenters. The number of hydrogen-bond donors (Lipinski definition) is 3. The SMILES string of the molecule is CNc1nc(C)cc(NC2CNC(=O)C2)n1. The van der Waals surface area contributed by atoms with Crippen molar-refractivity contribution in [3.63, 3.8) is 0 Å². The predicted octanol–water partition coefficient (Wildman–Crippen LogP) is 0.127. The monoisotopic (exact) mass is 221 g/mol. The highest BCUT2D eigenvalue weighted by Gasteiger charge is 2.21. The molecule has 0 aromatic carbocycles. The molecule has 0 spiro atoms. The van der Waals surface area contributed by atoms with Gasteiger partial charge in [0.2, 0.25) is 11.9 Å². The molecule has 0 saturated carbocycles. The largest absolute Gasteiger partial charge is 0.365 e. The Morgan fingerprint density at radius 3 is 2.94 bits per heavy atom. The summed E-state index contributed by atoms with van der Waals surface area (Å²) in [5.74, 6) is 1.41. The van der Waals surface area contributed by atoms with Crippen molar-refractivity contribution in [1.82, 2.24) is 15.3 Å². The van der Waals surface area contributed by atoms with Gasteiger partial charge in [0.1, 0.15) is 5.82 Å². The molecule has 3 N–H and O–H groups in total. The van der Waals surface area contributed by atoms with Crippen molar-refractivity contribution in [2.24, 2.45) is 0 Å². The average Bonchev–Trinajstić information content (AvgIpc) is 2.63. The molecule has 6 nitrogen and oxygen atoms in total. The van der Waals surface area contributed by atoms with Crippen LogP contribution in [0, 0.1) is 6.92 Å². The first-order valence-corrected chi connectivity index (χ1v) is 5.24. The fourth-order valence-corrected chi connectivity index (χ4v) is 1.67. The van der Waals surface area contributed by atoms with Crippen LogP contribution in [0.5, 0.6) is 0 Å². The van der Waals surface area contributed by atoms with Gasteiger partial charge in [-0.25, -0.2) is 4.98 Å². The van der Waals surface area contributed by atoms with E-state index in [4.69, 9.17) is 0 Å². The van der Waals surface area contributed by atoms with E-state index in [0.29, 0.717) is 18.9 Å². The van der Waals surface area contributed by atoms with Crippen LogP contribution in [0.2, 0.25) is 0 Å². The van der Waals surface area contributed by atoms with Crippen molar-refractivity contribution in [2.45, 2.75) is 19.4 Å². The lowest BCUT2D eigenvalue weighted by Crippen LogP contribution is -2.23. The Kier molecular flexibility index (Phi) is 2.89. The smallest absolute Gasteiger partial charge is 0.224 e. The van der Waals surface area contributed by atoms with Crippen LogP contribution < -0.4 is 16.0 Å². The Bertz CT molecular complexity index is 406. The van der Waals surface area contributed by atoms with E-state index in [1.54, 1.807) is 7.05 Å². The standard InChI is InChI=1S/C10H15N5O/c1-6-3-8(15-10(11-2)13-6)14-7-4-9(16)12-5-7/h3,7H,4-5H2,1-2H3,(H,12,16)(H2,11,13,14,15). The molecule has 2 heterocycles. The third-order valence-electron chi connectivity index (χ3n) is 2.41. The van der Waals surface area contributed by atoms with Gasteiger partial charge in [-0.2, -0.15) is 4.98 Å². The number of aryl methyl sites for hydroxylation is 1. The maximum atomic E-state index is 11.0. The third-order valence-corrected chi connectivity index (χ3v) is 2.41. The first-order valence-electron chi connectivity index (χ1n) is 5.24. The summed E-state index contributed by atoms with van der Waals surface area (Å²) in [6, 6.07) is 1.98.